The van der Waals surface area contributed by atoms with Crippen LogP contribution in [0.4, 0.5) is 4.79 Å². The molecule has 2 unspecified atom stereocenters. The molecule has 0 heterocycles. The topological polar surface area (TPSA) is 38.3 Å². The van der Waals surface area contributed by atoms with Crippen molar-refractivity contribution in [3.8, 4) is 0 Å². The standard InChI is InChI=1S/C17H25NO2/c1-13(2)15-10-6-7-11-16(15)20-17(19)18-12-14-8-4-3-5-9-14/h3-5,8-9,13,15-16H,6-7,10-12H2,1-2H3,(H,18,19). The number of carbonyl (C=O) groups excluding carboxylic acids is 1. The Balaban J connectivity index is 1.81. The molecule has 1 amide bonds. The van der Waals surface area contributed by atoms with Crippen molar-refractivity contribution in [2.45, 2.75) is 52.2 Å². The van der Waals surface area contributed by atoms with Crippen molar-refractivity contribution >= 4 is 6.09 Å². The number of rotatable bonds is 4. The highest BCUT2D eigenvalue weighted by Crippen LogP contribution is 2.32. The molecule has 110 valence electrons. The number of hydrogen-bond acceptors (Lipinski definition) is 2. The van der Waals surface area contributed by atoms with Crippen LogP contribution in [0.15, 0.2) is 30.3 Å². The van der Waals surface area contributed by atoms with Crippen LogP contribution in [0, 0.1) is 11.8 Å². The van der Waals surface area contributed by atoms with Crippen LogP contribution in [0.5, 0.6) is 0 Å². The van der Waals surface area contributed by atoms with Crippen molar-refractivity contribution in [3.05, 3.63) is 35.9 Å². The number of ether oxygens (including phenoxy) is 1. The molecule has 1 aliphatic carbocycles. The number of alkyl carbamates (subject to hydrolysis) is 1. The molecule has 1 N–H and O–H groups in total. The number of benzene rings is 1. The Hall–Kier alpha value is -1.51. The van der Waals surface area contributed by atoms with Crippen LogP contribution in [0.3, 0.4) is 0 Å². The van der Waals surface area contributed by atoms with Gasteiger partial charge in [0, 0.05) is 6.54 Å². The fraction of sp³-hybridized carbons (Fsp3) is 0.588. The van der Waals surface area contributed by atoms with Crippen LogP contribution in [-0.2, 0) is 11.3 Å². The Morgan fingerprint density at radius 3 is 2.65 bits per heavy atom. The lowest BCUT2D eigenvalue weighted by Crippen LogP contribution is -2.36. The van der Waals surface area contributed by atoms with E-state index < -0.39 is 0 Å². The lowest BCUT2D eigenvalue weighted by Gasteiger charge is -2.33. The highest BCUT2D eigenvalue weighted by Gasteiger charge is 2.30. The molecule has 20 heavy (non-hydrogen) atoms. The fourth-order valence-corrected chi connectivity index (χ4v) is 2.98. The molecule has 1 aromatic rings. The van der Waals surface area contributed by atoms with Gasteiger partial charge in [-0.1, -0.05) is 50.6 Å². The molecule has 0 saturated heterocycles. The first-order chi connectivity index (χ1) is 9.66. The number of nitrogens with one attached hydrogen (secondary N) is 1. The number of hydrogen-bond donors (Lipinski definition) is 1. The molecular weight excluding hydrogens is 250 g/mol. The summed E-state index contributed by atoms with van der Waals surface area (Å²) in [5.74, 6) is 1.08. The lowest BCUT2D eigenvalue weighted by atomic mass is 9.79. The molecule has 0 spiro atoms. The van der Waals surface area contributed by atoms with E-state index in [1.807, 2.05) is 30.3 Å². The summed E-state index contributed by atoms with van der Waals surface area (Å²) in [4.78, 5) is 11.9. The quantitative estimate of drug-likeness (QED) is 0.897. The van der Waals surface area contributed by atoms with Crippen LogP contribution < -0.4 is 5.32 Å². The highest BCUT2D eigenvalue weighted by atomic mass is 16.6. The predicted molar refractivity (Wildman–Crippen MR) is 80.3 cm³/mol. The van der Waals surface area contributed by atoms with Crippen LogP contribution in [0.25, 0.3) is 0 Å². The third kappa shape index (κ3) is 4.26. The summed E-state index contributed by atoms with van der Waals surface area (Å²) in [5.41, 5.74) is 1.09. The average molecular weight is 275 g/mol. The van der Waals surface area contributed by atoms with E-state index >= 15 is 0 Å². The normalized spacial score (nSPS) is 22.6. The summed E-state index contributed by atoms with van der Waals surface area (Å²) >= 11 is 0. The van der Waals surface area contributed by atoms with Crippen LogP contribution >= 0.6 is 0 Å². The van der Waals surface area contributed by atoms with Crippen LogP contribution in [0.2, 0.25) is 0 Å². The van der Waals surface area contributed by atoms with Gasteiger partial charge in [0.05, 0.1) is 0 Å². The maximum Gasteiger partial charge on any atom is 0.407 e. The Kier molecular flexibility index (Phi) is 5.45. The van der Waals surface area contributed by atoms with E-state index in [1.54, 1.807) is 0 Å². The first-order valence-electron chi connectivity index (χ1n) is 7.65. The van der Waals surface area contributed by atoms with Crippen LogP contribution in [-0.4, -0.2) is 12.2 Å². The van der Waals surface area contributed by atoms with Gasteiger partial charge in [-0.3, -0.25) is 0 Å². The van der Waals surface area contributed by atoms with E-state index in [0.29, 0.717) is 18.4 Å². The van der Waals surface area contributed by atoms with Crippen molar-refractivity contribution in [1.82, 2.24) is 5.32 Å². The minimum atomic E-state index is -0.286. The first-order valence-corrected chi connectivity index (χ1v) is 7.65. The molecule has 2 rings (SSSR count). The summed E-state index contributed by atoms with van der Waals surface area (Å²) in [6.45, 7) is 4.96. The molecule has 1 aliphatic rings. The monoisotopic (exact) mass is 275 g/mol. The summed E-state index contributed by atoms with van der Waals surface area (Å²) in [6.07, 6.45) is 4.40. The third-order valence-electron chi connectivity index (χ3n) is 4.15. The van der Waals surface area contributed by atoms with Crippen molar-refractivity contribution in [3.63, 3.8) is 0 Å². The second-order valence-electron chi connectivity index (χ2n) is 5.98. The van der Waals surface area contributed by atoms with Gasteiger partial charge in [-0.2, -0.15) is 0 Å². The smallest absolute Gasteiger partial charge is 0.407 e. The Labute approximate surface area is 121 Å². The third-order valence-corrected chi connectivity index (χ3v) is 4.15. The molecule has 0 radical (unpaired) electrons. The summed E-state index contributed by atoms with van der Waals surface area (Å²) in [7, 11) is 0. The van der Waals surface area contributed by atoms with Gasteiger partial charge in [0.2, 0.25) is 0 Å². The number of carbonyl (C=O) groups is 1. The average Bonchev–Trinajstić information content (AvgIpc) is 2.46. The van der Waals surface area contributed by atoms with Gasteiger partial charge >= 0.3 is 6.09 Å². The number of amides is 1. The molecule has 3 heteroatoms. The van der Waals surface area contributed by atoms with Gasteiger partial charge in [-0.25, -0.2) is 4.79 Å². The zero-order chi connectivity index (χ0) is 14.4. The molecule has 2 atom stereocenters. The van der Waals surface area contributed by atoms with Gasteiger partial charge in [-0.05, 0) is 36.7 Å². The molecule has 3 nitrogen and oxygen atoms in total. The lowest BCUT2D eigenvalue weighted by molar-refractivity contribution is 0.0202. The molecule has 0 aliphatic heterocycles. The summed E-state index contributed by atoms with van der Waals surface area (Å²) < 4.78 is 5.64. The summed E-state index contributed by atoms with van der Waals surface area (Å²) in [6, 6.07) is 9.91. The van der Waals surface area contributed by atoms with Crippen molar-refractivity contribution in [2.24, 2.45) is 11.8 Å². The van der Waals surface area contributed by atoms with E-state index in [2.05, 4.69) is 19.2 Å². The van der Waals surface area contributed by atoms with Gasteiger partial charge in [0.25, 0.3) is 0 Å². The Morgan fingerprint density at radius 2 is 1.95 bits per heavy atom. The molecule has 0 aromatic heterocycles. The second-order valence-corrected chi connectivity index (χ2v) is 5.98. The van der Waals surface area contributed by atoms with Gasteiger partial charge in [0.15, 0.2) is 0 Å². The van der Waals surface area contributed by atoms with E-state index in [0.717, 1.165) is 12.0 Å². The fourth-order valence-electron chi connectivity index (χ4n) is 2.98. The highest BCUT2D eigenvalue weighted by molar-refractivity contribution is 5.67. The maximum absolute atomic E-state index is 11.9. The zero-order valence-electron chi connectivity index (χ0n) is 12.5. The predicted octanol–water partition coefficient (Wildman–Crippen LogP) is 4.13. The zero-order valence-corrected chi connectivity index (χ0v) is 12.5. The molecule has 0 bridgehead atoms. The van der Waals surface area contributed by atoms with E-state index in [-0.39, 0.29) is 12.2 Å². The van der Waals surface area contributed by atoms with Crippen LogP contribution in [0.1, 0.15) is 45.1 Å². The van der Waals surface area contributed by atoms with Gasteiger partial charge in [-0.15, -0.1) is 0 Å². The first kappa shape index (κ1) is 14.9. The second kappa shape index (κ2) is 7.32. The molecule has 1 aromatic carbocycles. The SMILES string of the molecule is CC(C)C1CCCCC1OC(=O)NCc1ccccc1. The Morgan fingerprint density at radius 1 is 1.25 bits per heavy atom. The maximum atomic E-state index is 11.9. The van der Waals surface area contributed by atoms with E-state index in [1.165, 1.54) is 19.3 Å². The van der Waals surface area contributed by atoms with Gasteiger partial charge in [0.1, 0.15) is 6.10 Å². The molecule has 1 saturated carbocycles. The van der Waals surface area contributed by atoms with Crippen molar-refractivity contribution < 1.29 is 9.53 Å². The van der Waals surface area contributed by atoms with Crippen molar-refractivity contribution in [2.75, 3.05) is 0 Å². The van der Waals surface area contributed by atoms with Crippen molar-refractivity contribution in [1.29, 1.82) is 0 Å². The minimum Gasteiger partial charge on any atom is -0.446 e. The summed E-state index contributed by atoms with van der Waals surface area (Å²) in [5, 5.41) is 2.84. The molecular formula is C17H25NO2. The van der Waals surface area contributed by atoms with Gasteiger partial charge < -0.3 is 10.1 Å². The Bertz CT molecular complexity index is 416. The molecule has 1 fully saturated rings. The minimum absolute atomic E-state index is 0.0829. The largest absolute Gasteiger partial charge is 0.446 e. The van der Waals surface area contributed by atoms with E-state index in [4.69, 9.17) is 4.74 Å². The van der Waals surface area contributed by atoms with E-state index in [9.17, 15) is 4.79 Å².